The van der Waals surface area contributed by atoms with Crippen LogP contribution in [0.15, 0.2) is 24.5 Å². The number of hydrogen-bond acceptors (Lipinski definition) is 7. The van der Waals surface area contributed by atoms with Crippen molar-refractivity contribution in [3.63, 3.8) is 0 Å². The molecule has 8 nitrogen and oxygen atoms in total. The van der Waals surface area contributed by atoms with Crippen molar-refractivity contribution in [2.24, 2.45) is 5.41 Å². The Morgan fingerprint density at radius 3 is 2.69 bits per heavy atom. The first-order valence-electron chi connectivity index (χ1n) is 12.2. The average Bonchev–Trinajstić information content (AvgIpc) is 3.29. The van der Waals surface area contributed by atoms with Gasteiger partial charge in [-0.3, -0.25) is 9.88 Å². The number of rotatable bonds is 5. The predicted octanol–water partition coefficient (Wildman–Crippen LogP) is 3.56. The molecule has 0 aromatic carbocycles. The molecule has 0 radical (unpaired) electrons. The van der Waals surface area contributed by atoms with Gasteiger partial charge in [-0.2, -0.15) is 4.39 Å². The van der Waals surface area contributed by atoms with Gasteiger partial charge in [0, 0.05) is 63.0 Å². The van der Waals surface area contributed by atoms with E-state index < -0.39 is 11.8 Å². The smallest absolute Gasteiger partial charge is 0.409 e. The van der Waals surface area contributed by atoms with Crippen LogP contribution in [0.4, 0.5) is 19.3 Å². The first-order chi connectivity index (χ1) is 16.9. The Morgan fingerprint density at radius 1 is 1.20 bits per heavy atom. The summed E-state index contributed by atoms with van der Waals surface area (Å²) in [5.41, 5.74) is 1.77. The normalized spacial score (nSPS) is 21.8. The number of halogens is 2. The zero-order chi connectivity index (χ0) is 24.6. The lowest BCUT2D eigenvalue weighted by atomic mass is 9.78. The predicted molar refractivity (Wildman–Crippen MR) is 126 cm³/mol. The van der Waals surface area contributed by atoms with Crippen molar-refractivity contribution >= 4 is 11.8 Å². The highest BCUT2D eigenvalue weighted by molar-refractivity contribution is 5.79. The van der Waals surface area contributed by atoms with Crippen molar-refractivity contribution in [2.45, 2.75) is 32.2 Å². The number of nitrogens with zero attached hydrogens (tertiary/aromatic N) is 5. The molecule has 2 saturated heterocycles. The van der Waals surface area contributed by atoms with E-state index in [1.54, 1.807) is 11.0 Å². The topological polar surface area (TPSA) is 71.0 Å². The molecule has 1 atom stereocenters. The van der Waals surface area contributed by atoms with E-state index in [0.29, 0.717) is 42.7 Å². The molecule has 188 valence electrons. The third-order valence-electron chi connectivity index (χ3n) is 7.58. The molecule has 0 bridgehead atoms. The second kappa shape index (κ2) is 9.56. The molecule has 0 N–H and O–H groups in total. The maximum Gasteiger partial charge on any atom is 0.409 e. The lowest BCUT2D eigenvalue weighted by Crippen LogP contribution is -2.58. The van der Waals surface area contributed by atoms with Gasteiger partial charge in [0.05, 0.1) is 36.9 Å². The minimum atomic E-state index is -0.723. The van der Waals surface area contributed by atoms with Gasteiger partial charge >= 0.3 is 6.09 Å². The Hall–Kier alpha value is -3.01. The lowest BCUT2D eigenvalue weighted by molar-refractivity contribution is -0.00294. The van der Waals surface area contributed by atoms with Gasteiger partial charge in [0.2, 0.25) is 0 Å². The molecule has 3 aliphatic rings. The maximum atomic E-state index is 14.2. The largest absolute Gasteiger partial charge is 0.491 e. The maximum absolute atomic E-state index is 14.2. The lowest BCUT2D eigenvalue weighted by Gasteiger charge is -2.48. The monoisotopic (exact) mass is 487 g/mol. The van der Waals surface area contributed by atoms with Crippen LogP contribution in [0.1, 0.15) is 26.2 Å². The van der Waals surface area contributed by atoms with Crippen molar-refractivity contribution in [3.8, 4) is 17.0 Å². The Bertz CT molecular complexity index is 1090. The van der Waals surface area contributed by atoms with E-state index in [-0.39, 0.29) is 17.3 Å². The first kappa shape index (κ1) is 23.7. The number of methoxy groups -OCH3 is 1. The van der Waals surface area contributed by atoms with Gasteiger partial charge < -0.3 is 19.3 Å². The number of aromatic nitrogens is 2. The molecule has 10 heteroatoms. The summed E-state index contributed by atoms with van der Waals surface area (Å²) < 4.78 is 38.8. The van der Waals surface area contributed by atoms with Gasteiger partial charge in [0.25, 0.3) is 5.95 Å². The van der Waals surface area contributed by atoms with Gasteiger partial charge in [0.15, 0.2) is 5.75 Å². The van der Waals surface area contributed by atoms with Gasteiger partial charge in [-0.1, -0.05) is 0 Å². The van der Waals surface area contributed by atoms with Crippen LogP contribution in [0, 0.1) is 17.2 Å². The Labute approximate surface area is 203 Å². The van der Waals surface area contributed by atoms with Crippen LogP contribution in [0.3, 0.4) is 0 Å². The van der Waals surface area contributed by atoms with E-state index in [1.165, 1.54) is 19.4 Å². The highest BCUT2D eigenvalue weighted by Crippen LogP contribution is 2.47. The SMILES string of the molecule is CCOC(=O)N1CC2(CC[C@@H](N3CCN(c4cc(F)cnc4-c4ccnc(F)c4OC)CC3)C2)C1. The number of anilines is 1. The highest BCUT2D eigenvalue weighted by Gasteiger charge is 2.51. The van der Waals surface area contributed by atoms with Crippen LogP contribution < -0.4 is 9.64 Å². The third-order valence-corrected chi connectivity index (χ3v) is 7.58. The van der Waals surface area contributed by atoms with Gasteiger partial charge in [-0.25, -0.2) is 14.2 Å². The summed E-state index contributed by atoms with van der Waals surface area (Å²) in [6, 6.07) is 3.58. The summed E-state index contributed by atoms with van der Waals surface area (Å²) >= 11 is 0. The average molecular weight is 488 g/mol. The van der Waals surface area contributed by atoms with Crippen molar-refractivity contribution in [1.82, 2.24) is 19.8 Å². The molecule has 1 aliphatic carbocycles. The number of ether oxygens (including phenoxy) is 2. The first-order valence-corrected chi connectivity index (χ1v) is 12.2. The molecule has 5 rings (SSSR count). The van der Waals surface area contributed by atoms with Crippen LogP contribution in [-0.4, -0.2) is 84.9 Å². The summed E-state index contributed by atoms with van der Waals surface area (Å²) in [5, 5.41) is 0. The minimum absolute atomic E-state index is 0.000100. The molecule has 35 heavy (non-hydrogen) atoms. The standard InChI is InChI=1S/C25H31F2N5O3/c1-3-35-24(33)32-15-25(16-32)6-4-18(13-25)30-8-10-31(11-9-30)20-12-17(26)14-29-21(20)19-5-7-28-23(27)22(19)34-2/h5,7,12,14,18H,3-4,6,8-11,13,15-16H2,1-2H3/t18-/m1/s1. The number of piperazine rings is 1. The number of carbonyl (C=O) groups is 1. The molecule has 1 saturated carbocycles. The van der Waals surface area contributed by atoms with Gasteiger partial charge in [-0.15, -0.1) is 0 Å². The minimum Gasteiger partial charge on any atom is -0.491 e. The fourth-order valence-electron chi connectivity index (χ4n) is 5.89. The second-order valence-electron chi connectivity index (χ2n) is 9.68. The zero-order valence-corrected chi connectivity index (χ0v) is 20.2. The highest BCUT2D eigenvalue weighted by atomic mass is 19.1. The molecular weight excluding hydrogens is 456 g/mol. The van der Waals surface area contributed by atoms with Crippen LogP contribution in [0.2, 0.25) is 0 Å². The fourth-order valence-corrected chi connectivity index (χ4v) is 5.89. The van der Waals surface area contributed by atoms with E-state index in [9.17, 15) is 13.6 Å². The number of likely N-dealkylation sites (tertiary alicyclic amines) is 1. The van der Waals surface area contributed by atoms with Crippen molar-refractivity contribution < 1.29 is 23.0 Å². The van der Waals surface area contributed by atoms with Crippen molar-refractivity contribution in [1.29, 1.82) is 0 Å². The Balaban J connectivity index is 1.25. The van der Waals surface area contributed by atoms with E-state index >= 15 is 0 Å². The quantitative estimate of drug-likeness (QED) is 0.598. The summed E-state index contributed by atoms with van der Waals surface area (Å²) in [6.07, 6.45) is 5.63. The third kappa shape index (κ3) is 4.51. The van der Waals surface area contributed by atoms with Crippen molar-refractivity contribution in [2.75, 3.05) is 57.9 Å². The fraction of sp³-hybridized carbons (Fsp3) is 0.560. The molecule has 3 fully saturated rings. The number of carbonyl (C=O) groups excluding carboxylic acids is 1. The molecule has 1 amide bonds. The van der Waals surface area contributed by atoms with Gasteiger partial charge in [0.1, 0.15) is 5.82 Å². The van der Waals surface area contributed by atoms with Crippen LogP contribution in [0.25, 0.3) is 11.3 Å². The molecule has 4 heterocycles. The van der Waals surface area contributed by atoms with Gasteiger partial charge in [-0.05, 0) is 32.3 Å². The van der Waals surface area contributed by atoms with E-state index in [0.717, 1.165) is 51.6 Å². The zero-order valence-electron chi connectivity index (χ0n) is 20.2. The van der Waals surface area contributed by atoms with Crippen LogP contribution in [-0.2, 0) is 4.74 Å². The van der Waals surface area contributed by atoms with E-state index in [1.807, 2.05) is 6.92 Å². The van der Waals surface area contributed by atoms with Crippen LogP contribution in [0.5, 0.6) is 5.75 Å². The Morgan fingerprint density at radius 2 is 1.97 bits per heavy atom. The molecule has 2 aliphatic heterocycles. The van der Waals surface area contributed by atoms with Crippen molar-refractivity contribution in [3.05, 3.63) is 36.3 Å². The molecule has 2 aromatic heterocycles. The molecule has 2 aromatic rings. The number of pyridine rings is 2. The summed E-state index contributed by atoms with van der Waals surface area (Å²) in [7, 11) is 1.38. The summed E-state index contributed by atoms with van der Waals surface area (Å²) in [6.45, 7) is 6.92. The van der Waals surface area contributed by atoms with E-state index in [2.05, 4.69) is 19.8 Å². The summed E-state index contributed by atoms with van der Waals surface area (Å²) in [5.74, 6) is -1.16. The molecule has 0 unspecified atom stereocenters. The number of hydrogen-bond donors (Lipinski definition) is 0. The Kier molecular flexibility index (Phi) is 6.48. The van der Waals surface area contributed by atoms with E-state index in [4.69, 9.17) is 9.47 Å². The number of amides is 1. The van der Waals surface area contributed by atoms with Crippen LogP contribution >= 0.6 is 0 Å². The molecular formula is C25H31F2N5O3. The molecule has 1 spiro atoms. The summed E-state index contributed by atoms with van der Waals surface area (Å²) in [4.78, 5) is 26.3. The second-order valence-corrected chi connectivity index (χ2v) is 9.68.